The molecule has 0 aliphatic heterocycles. The van der Waals surface area contributed by atoms with Crippen LogP contribution < -0.4 is 0 Å². The standard InChI is InChI=1S/C17H20FNO/c1-3-17(4-2,14-8-6-5-7-9-14)16(20)13-10-15(18)12-19-11-13/h5-12,16,20H,3-4H2,1-2H3. The summed E-state index contributed by atoms with van der Waals surface area (Å²) in [6.45, 7) is 4.10. The number of aromatic nitrogens is 1. The van der Waals surface area contributed by atoms with Crippen molar-refractivity contribution in [1.82, 2.24) is 4.98 Å². The first-order valence-electron chi connectivity index (χ1n) is 6.98. The number of hydrogen-bond acceptors (Lipinski definition) is 2. The second kappa shape index (κ2) is 6.14. The SMILES string of the molecule is CCC(CC)(c1ccccc1)C(O)c1cncc(F)c1. The highest BCUT2D eigenvalue weighted by molar-refractivity contribution is 5.31. The Bertz CT molecular complexity index is 552. The maximum Gasteiger partial charge on any atom is 0.141 e. The molecule has 1 aromatic heterocycles. The third-order valence-electron chi connectivity index (χ3n) is 4.18. The van der Waals surface area contributed by atoms with Gasteiger partial charge in [-0.15, -0.1) is 0 Å². The van der Waals surface area contributed by atoms with Gasteiger partial charge in [-0.1, -0.05) is 44.2 Å². The Hall–Kier alpha value is -1.74. The fourth-order valence-corrected chi connectivity index (χ4v) is 2.87. The molecule has 1 aromatic carbocycles. The average Bonchev–Trinajstić information content (AvgIpc) is 2.50. The Balaban J connectivity index is 2.48. The van der Waals surface area contributed by atoms with E-state index < -0.39 is 17.3 Å². The van der Waals surface area contributed by atoms with Crippen LogP contribution in [0.1, 0.15) is 43.9 Å². The lowest BCUT2D eigenvalue weighted by Gasteiger charge is -2.37. The van der Waals surface area contributed by atoms with Crippen molar-refractivity contribution in [3.05, 3.63) is 65.7 Å². The monoisotopic (exact) mass is 273 g/mol. The molecule has 20 heavy (non-hydrogen) atoms. The van der Waals surface area contributed by atoms with Gasteiger partial charge in [-0.25, -0.2) is 4.39 Å². The lowest BCUT2D eigenvalue weighted by atomic mass is 9.70. The van der Waals surface area contributed by atoms with Crippen molar-refractivity contribution < 1.29 is 9.50 Å². The van der Waals surface area contributed by atoms with Gasteiger partial charge in [0.15, 0.2) is 0 Å². The Kier molecular flexibility index (Phi) is 4.50. The quantitative estimate of drug-likeness (QED) is 0.892. The molecule has 0 amide bonds. The van der Waals surface area contributed by atoms with Gasteiger partial charge in [-0.3, -0.25) is 4.98 Å². The normalized spacial score (nSPS) is 13.2. The number of rotatable bonds is 5. The summed E-state index contributed by atoms with van der Waals surface area (Å²) in [7, 11) is 0. The number of benzene rings is 1. The summed E-state index contributed by atoms with van der Waals surface area (Å²) in [5.41, 5.74) is 1.18. The molecular formula is C17H20FNO. The number of halogens is 1. The topological polar surface area (TPSA) is 33.1 Å². The second-order valence-corrected chi connectivity index (χ2v) is 5.07. The van der Waals surface area contributed by atoms with Gasteiger partial charge in [0.25, 0.3) is 0 Å². The van der Waals surface area contributed by atoms with Gasteiger partial charge in [0, 0.05) is 17.2 Å². The lowest BCUT2D eigenvalue weighted by Crippen LogP contribution is -2.32. The molecule has 0 radical (unpaired) electrons. The van der Waals surface area contributed by atoms with E-state index in [9.17, 15) is 9.50 Å². The molecular weight excluding hydrogens is 253 g/mol. The van der Waals surface area contributed by atoms with Crippen molar-refractivity contribution >= 4 is 0 Å². The summed E-state index contributed by atoms with van der Waals surface area (Å²) in [6, 6.07) is 11.3. The zero-order chi connectivity index (χ0) is 14.6. The minimum absolute atomic E-state index is 0.420. The van der Waals surface area contributed by atoms with Gasteiger partial charge in [-0.05, 0) is 24.5 Å². The minimum atomic E-state index is -0.775. The molecule has 1 unspecified atom stereocenters. The van der Waals surface area contributed by atoms with Crippen LogP contribution in [0.15, 0.2) is 48.8 Å². The van der Waals surface area contributed by atoms with Gasteiger partial charge in [0.2, 0.25) is 0 Å². The van der Waals surface area contributed by atoms with E-state index >= 15 is 0 Å². The third-order valence-corrected chi connectivity index (χ3v) is 4.18. The molecule has 0 aliphatic rings. The smallest absolute Gasteiger partial charge is 0.141 e. The van der Waals surface area contributed by atoms with E-state index in [0.29, 0.717) is 5.56 Å². The molecule has 1 atom stereocenters. The highest BCUT2D eigenvalue weighted by atomic mass is 19.1. The molecule has 1 heterocycles. The van der Waals surface area contributed by atoms with E-state index in [0.717, 1.165) is 24.6 Å². The van der Waals surface area contributed by atoms with Crippen molar-refractivity contribution in [3.63, 3.8) is 0 Å². The summed E-state index contributed by atoms with van der Waals surface area (Å²) in [5, 5.41) is 10.8. The van der Waals surface area contributed by atoms with Gasteiger partial charge in [-0.2, -0.15) is 0 Å². The van der Waals surface area contributed by atoms with Crippen LogP contribution in [0.25, 0.3) is 0 Å². The van der Waals surface area contributed by atoms with E-state index in [1.54, 1.807) is 0 Å². The molecule has 1 N–H and O–H groups in total. The van der Waals surface area contributed by atoms with Crippen LogP contribution in [-0.2, 0) is 5.41 Å². The van der Waals surface area contributed by atoms with E-state index in [1.807, 2.05) is 44.2 Å². The predicted molar refractivity (Wildman–Crippen MR) is 77.9 cm³/mol. The molecule has 106 valence electrons. The van der Waals surface area contributed by atoms with Gasteiger partial charge in [0.05, 0.1) is 12.3 Å². The number of aliphatic hydroxyl groups is 1. The van der Waals surface area contributed by atoms with Crippen LogP contribution in [-0.4, -0.2) is 10.1 Å². The van der Waals surface area contributed by atoms with Gasteiger partial charge >= 0.3 is 0 Å². The second-order valence-electron chi connectivity index (χ2n) is 5.07. The van der Waals surface area contributed by atoms with Crippen LogP contribution >= 0.6 is 0 Å². The van der Waals surface area contributed by atoms with Crippen molar-refractivity contribution in [2.75, 3.05) is 0 Å². The maximum atomic E-state index is 13.4. The van der Waals surface area contributed by atoms with Crippen LogP contribution in [0.3, 0.4) is 0 Å². The summed E-state index contributed by atoms with van der Waals surface area (Å²) in [6.07, 6.45) is 3.45. The maximum absolute atomic E-state index is 13.4. The molecule has 2 rings (SSSR count). The fourth-order valence-electron chi connectivity index (χ4n) is 2.87. The number of nitrogens with zero attached hydrogens (tertiary/aromatic N) is 1. The van der Waals surface area contributed by atoms with Crippen LogP contribution in [0.4, 0.5) is 4.39 Å². The summed E-state index contributed by atoms with van der Waals surface area (Å²) in [4.78, 5) is 3.85. The first kappa shape index (κ1) is 14.7. The number of hydrogen-bond donors (Lipinski definition) is 1. The molecule has 0 saturated heterocycles. The van der Waals surface area contributed by atoms with E-state index in [2.05, 4.69) is 4.98 Å². The number of pyridine rings is 1. The van der Waals surface area contributed by atoms with Gasteiger partial charge < -0.3 is 5.11 Å². The Morgan fingerprint density at radius 1 is 1.15 bits per heavy atom. The first-order chi connectivity index (χ1) is 9.64. The zero-order valence-electron chi connectivity index (χ0n) is 11.9. The Morgan fingerprint density at radius 2 is 1.80 bits per heavy atom. The molecule has 0 spiro atoms. The van der Waals surface area contributed by atoms with Crippen LogP contribution in [0.2, 0.25) is 0 Å². The van der Waals surface area contributed by atoms with Crippen LogP contribution in [0.5, 0.6) is 0 Å². The minimum Gasteiger partial charge on any atom is -0.387 e. The molecule has 0 bridgehead atoms. The van der Waals surface area contributed by atoms with Gasteiger partial charge in [0.1, 0.15) is 5.82 Å². The highest BCUT2D eigenvalue weighted by Crippen LogP contribution is 2.42. The van der Waals surface area contributed by atoms with E-state index in [4.69, 9.17) is 0 Å². The average molecular weight is 273 g/mol. The molecule has 0 fully saturated rings. The zero-order valence-corrected chi connectivity index (χ0v) is 11.9. The molecule has 0 aliphatic carbocycles. The lowest BCUT2D eigenvalue weighted by molar-refractivity contribution is 0.0721. The molecule has 2 nitrogen and oxygen atoms in total. The van der Waals surface area contributed by atoms with Crippen molar-refractivity contribution in [2.45, 2.75) is 38.2 Å². The Morgan fingerprint density at radius 3 is 2.35 bits per heavy atom. The summed E-state index contributed by atoms with van der Waals surface area (Å²) < 4.78 is 13.4. The van der Waals surface area contributed by atoms with Crippen molar-refractivity contribution in [3.8, 4) is 0 Å². The largest absolute Gasteiger partial charge is 0.387 e. The Labute approximate surface area is 119 Å². The summed E-state index contributed by atoms with van der Waals surface area (Å²) >= 11 is 0. The third kappa shape index (κ3) is 2.59. The molecule has 3 heteroatoms. The fraction of sp³-hybridized carbons (Fsp3) is 0.353. The molecule has 0 saturated carbocycles. The summed E-state index contributed by atoms with van der Waals surface area (Å²) in [5.74, 6) is -0.421. The van der Waals surface area contributed by atoms with Crippen molar-refractivity contribution in [1.29, 1.82) is 0 Å². The highest BCUT2D eigenvalue weighted by Gasteiger charge is 2.37. The molecule has 2 aromatic rings. The number of aliphatic hydroxyl groups excluding tert-OH is 1. The van der Waals surface area contributed by atoms with Crippen molar-refractivity contribution in [2.24, 2.45) is 0 Å². The first-order valence-corrected chi connectivity index (χ1v) is 6.98. The van der Waals surface area contributed by atoms with E-state index in [-0.39, 0.29) is 0 Å². The van der Waals surface area contributed by atoms with E-state index in [1.165, 1.54) is 12.3 Å². The van der Waals surface area contributed by atoms with Crippen LogP contribution in [0, 0.1) is 5.82 Å². The predicted octanol–water partition coefficient (Wildman–Crippen LogP) is 4.01.